The Labute approximate surface area is 210 Å². The number of rotatable bonds is 4. The van der Waals surface area contributed by atoms with Crippen LogP contribution in [0.25, 0.3) is 0 Å². The van der Waals surface area contributed by atoms with Crippen molar-refractivity contribution in [1.82, 2.24) is 14.7 Å². The zero-order valence-corrected chi connectivity index (χ0v) is 20.4. The lowest BCUT2D eigenvalue weighted by Gasteiger charge is -2.42. The number of carboxylic acid groups (broad SMARTS) is 1. The van der Waals surface area contributed by atoms with Crippen molar-refractivity contribution in [3.63, 3.8) is 0 Å². The molecule has 1 saturated heterocycles. The molecule has 0 bridgehead atoms. The molecule has 37 heavy (non-hydrogen) atoms. The van der Waals surface area contributed by atoms with E-state index in [0.717, 1.165) is 10.5 Å². The van der Waals surface area contributed by atoms with Crippen molar-refractivity contribution in [3.8, 4) is 0 Å². The molecule has 2 aromatic rings. The Morgan fingerprint density at radius 3 is 2.11 bits per heavy atom. The predicted octanol–water partition coefficient (Wildman–Crippen LogP) is 6.44. The summed E-state index contributed by atoms with van der Waals surface area (Å²) in [7, 11) is 1.28. The van der Waals surface area contributed by atoms with E-state index in [9.17, 15) is 41.0 Å². The van der Waals surface area contributed by atoms with Crippen LogP contribution in [0.1, 0.15) is 53.6 Å². The lowest BCUT2D eigenvalue weighted by atomic mass is 9.96. The fourth-order valence-corrected chi connectivity index (χ4v) is 4.27. The molecular weight excluding hydrogens is 504 g/mol. The van der Waals surface area contributed by atoms with Crippen LogP contribution in [0.15, 0.2) is 42.5 Å². The van der Waals surface area contributed by atoms with Crippen molar-refractivity contribution in [2.45, 2.75) is 44.7 Å². The number of hydrogen-bond acceptors (Lipinski definition) is 2. The fourth-order valence-electron chi connectivity index (χ4n) is 4.27. The number of nitrogens with zero attached hydrogens (tertiary/aromatic N) is 3. The second-order valence-corrected chi connectivity index (χ2v) is 9.32. The second kappa shape index (κ2) is 10.5. The zero-order chi connectivity index (χ0) is 27.7. The van der Waals surface area contributed by atoms with Crippen LogP contribution < -0.4 is 0 Å². The largest absolute Gasteiger partial charge is 0.465 e. The van der Waals surface area contributed by atoms with E-state index in [2.05, 4.69) is 0 Å². The average molecular weight is 531 g/mol. The number of halogens is 6. The quantitative estimate of drug-likeness (QED) is 0.462. The van der Waals surface area contributed by atoms with Gasteiger partial charge in [0.2, 0.25) is 0 Å². The Balaban J connectivity index is 1.92. The summed E-state index contributed by atoms with van der Waals surface area (Å²) >= 11 is 0. The van der Waals surface area contributed by atoms with Crippen LogP contribution >= 0.6 is 0 Å². The summed E-state index contributed by atoms with van der Waals surface area (Å²) in [6.45, 7) is 3.43. The van der Waals surface area contributed by atoms with Gasteiger partial charge in [-0.3, -0.25) is 0 Å². The Kier molecular flexibility index (Phi) is 7.99. The van der Waals surface area contributed by atoms with Crippen molar-refractivity contribution in [3.05, 3.63) is 70.3 Å². The van der Waals surface area contributed by atoms with Gasteiger partial charge in [0.25, 0.3) is 0 Å². The molecule has 202 valence electrons. The number of benzene rings is 2. The van der Waals surface area contributed by atoms with Crippen LogP contribution in [0.5, 0.6) is 0 Å². The highest BCUT2D eigenvalue weighted by Gasteiger charge is 2.38. The molecule has 0 saturated carbocycles. The molecule has 0 spiro atoms. The van der Waals surface area contributed by atoms with Gasteiger partial charge in [-0.15, -0.1) is 0 Å². The van der Waals surface area contributed by atoms with E-state index in [1.807, 2.05) is 26.0 Å². The molecule has 1 N–H and O–H groups in total. The van der Waals surface area contributed by atoms with Gasteiger partial charge in [0.15, 0.2) is 0 Å². The van der Waals surface area contributed by atoms with E-state index in [4.69, 9.17) is 0 Å². The smallest absolute Gasteiger partial charge is 0.416 e. The van der Waals surface area contributed by atoms with Gasteiger partial charge in [0, 0.05) is 33.2 Å². The molecule has 1 atom stereocenters. The minimum atomic E-state index is -5.00. The Morgan fingerprint density at radius 2 is 1.59 bits per heavy atom. The van der Waals surface area contributed by atoms with Crippen LogP contribution in [-0.4, -0.2) is 58.6 Å². The Morgan fingerprint density at radius 1 is 1.00 bits per heavy atom. The first-order valence-corrected chi connectivity index (χ1v) is 11.5. The highest BCUT2D eigenvalue weighted by molar-refractivity contribution is 5.75. The molecule has 3 rings (SSSR count). The Hall–Kier alpha value is -3.44. The summed E-state index contributed by atoms with van der Waals surface area (Å²) in [6, 6.07) is 7.19. The summed E-state index contributed by atoms with van der Waals surface area (Å²) in [4.78, 5) is 28.6. The van der Waals surface area contributed by atoms with E-state index >= 15 is 0 Å². The molecule has 2 aromatic carbocycles. The molecule has 0 radical (unpaired) electrons. The molecule has 1 heterocycles. The lowest BCUT2D eigenvalue weighted by molar-refractivity contribution is -0.143. The maximum absolute atomic E-state index is 13.4. The number of urea groups is 1. The van der Waals surface area contributed by atoms with Crippen molar-refractivity contribution in [2.24, 2.45) is 0 Å². The van der Waals surface area contributed by atoms with Crippen LogP contribution in [-0.2, 0) is 18.9 Å². The second-order valence-electron chi connectivity index (χ2n) is 9.32. The highest BCUT2D eigenvalue weighted by Crippen LogP contribution is 2.37. The van der Waals surface area contributed by atoms with E-state index in [0.29, 0.717) is 17.7 Å². The first-order chi connectivity index (χ1) is 17.1. The topological polar surface area (TPSA) is 64.1 Å². The first-order valence-electron chi connectivity index (χ1n) is 11.5. The molecule has 1 aliphatic rings. The molecule has 1 unspecified atom stereocenters. The lowest BCUT2D eigenvalue weighted by Crippen LogP contribution is -2.54. The number of carbonyl (C=O) groups is 2. The highest BCUT2D eigenvalue weighted by atomic mass is 19.4. The van der Waals surface area contributed by atoms with Crippen molar-refractivity contribution >= 4 is 12.1 Å². The van der Waals surface area contributed by atoms with E-state index in [1.54, 1.807) is 12.1 Å². The number of carbonyl (C=O) groups excluding carboxylic acids is 1. The molecule has 0 aliphatic carbocycles. The van der Waals surface area contributed by atoms with E-state index in [1.165, 1.54) is 16.8 Å². The minimum Gasteiger partial charge on any atom is -0.465 e. The summed E-state index contributed by atoms with van der Waals surface area (Å²) < 4.78 is 79.5. The van der Waals surface area contributed by atoms with Crippen LogP contribution in [0, 0.1) is 0 Å². The third-order valence-corrected chi connectivity index (χ3v) is 6.25. The SMILES string of the molecule is CC(C)c1cccc(C2CN(C(=O)O)CCN2C(=O)N(C)Cc2cc(C(F)(F)F)cc(C(F)(F)F)c2)c1. The van der Waals surface area contributed by atoms with Crippen molar-refractivity contribution in [2.75, 3.05) is 26.7 Å². The first kappa shape index (κ1) is 28.1. The third-order valence-electron chi connectivity index (χ3n) is 6.25. The van der Waals surface area contributed by atoms with Gasteiger partial charge in [0.1, 0.15) is 0 Å². The average Bonchev–Trinajstić information content (AvgIpc) is 2.81. The van der Waals surface area contributed by atoms with E-state index < -0.39 is 48.2 Å². The van der Waals surface area contributed by atoms with Crippen LogP contribution in [0.2, 0.25) is 0 Å². The van der Waals surface area contributed by atoms with Gasteiger partial charge >= 0.3 is 24.5 Å². The number of amides is 3. The molecule has 12 heteroatoms. The number of piperazine rings is 1. The monoisotopic (exact) mass is 531 g/mol. The van der Waals surface area contributed by atoms with Gasteiger partial charge in [-0.1, -0.05) is 38.1 Å². The summed E-state index contributed by atoms with van der Waals surface area (Å²) in [6.07, 6.45) is -11.2. The van der Waals surface area contributed by atoms with E-state index in [-0.39, 0.29) is 37.2 Å². The zero-order valence-electron chi connectivity index (χ0n) is 20.4. The molecular formula is C25H27F6N3O3. The number of hydrogen-bond donors (Lipinski definition) is 1. The molecule has 0 aromatic heterocycles. The van der Waals surface area contributed by atoms with Crippen molar-refractivity contribution < 1.29 is 41.0 Å². The molecule has 1 aliphatic heterocycles. The van der Waals surface area contributed by atoms with Gasteiger partial charge in [-0.05, 0) is 40.8 Å². The van der Waals surface area contributed by atoms with Gasteiger partial charge in [0.05, 0.1) is 17.2 Å². The maximum Gasteiger partial charge on any atom is 0.416 e. The predicted molar refractivity (Wildman–Crippen MR) is 123 cm³/mol. The maximum atomic E-state index is 13.4. The third kappa shape index (κ3) is 6.66. The number of alkyl halides is 6. The molecule has 3 amide bonds. The summed E-state index contributed by atoms with van der Waals surface area (Å²) in [5, 5.41) is 9.49. The normalized spacial score (nSPS) is 16.8. The minimum absolute atomic E-state index is 0.00242. The fraction of sp³-hybridized carbons (Fsp3) is 0.440. The van der Waals surface area contributed by atoms with Crippen LogP contribution in [0.4, 0.5) is 35.9 Å². The standard InChI is InChI=1S/C25H27F6N3O3/c1-15(2)17-5-4-6-18(11-17)21-14-33(23(36)37)7-8-34(21)22(35)32(3)13-16-9-19(24(26,27)28)12-20(10-16)25(29,30)31/h4-6,9-12,15,21H,7-8,13-14H2,1-3H3,(H,36,37). The van der Waals surface area contributed by atoms with Gasteiger partial charge < -0.3 is 19.8 Å². The summed E-state index contributed by atoms with van der Waals surface area (Å²) in [5.41, 5.74) is -1.61. The summed E-state index contributed by atoms with van der Waals surface area (Å²) in [5.74, 6) is 0.162. The van der Waals surface area contributed by atoms with Crippen LogP contribution in [0.3, 0.4) is 0 Å². The molecule has 6 nitrogen and oxygen atoms in total. The Bertz CT molecular complexity index is 1120. The van der Waals surface area contributed by atoms with Gasteiger partial charge in [-0.25, -0.2) is 9.59 Å². The van der Waals surface area contributed by atoms with Gasteiger partial charge in [-0.2, -0.15) is 26.3 Å². The van der Waals surface area contributed by atoms with Crippen molar-refractivity contribution in [1.29, 1.82) is 0 Å². The molecule has 1 fully saturated rings.